The maximum Gasteiger partial charge on any atom is 0.254 e. The van der Waals surface area contributed by atoms with Crippen LogP contribution in [0.1, 0.15) is 30.6 Å². The number of alkyl halides is 1. The summed E-state index contributed by atoms with van der Waals surface area (Å²) in [6, 6.07) is 9.67. The SMILES string of the molecule is CC(C)CC(CCl)NC(=O)c1cnn(-c2ccccc2)c1. The molecule has 2 aromatic rings. The van der Waals surface area contributed by atoms with Gasteiger partial charge in [0.05, 0.1) is 17.4 Å². The molecule has 21 heavy (non-hydrogen) atoms. The minimum Gasteiger partial charge on any atom is -0.348 e. The molecule has 0 radical (unpaired) electrons. The number of halogens is 1. The van der Waals surface area contributed by atoms with Crippen molar-refractivity contribution in [3.8, 4) is 5.69 Å². The van der Waals surface area contributed by atoms with E-state index in [1.807, 2.05) is 30.3 Å². The van der Waals surface area contributed by atoms with Crippen LogP contribution in [-0.2, 0) is 0 Å². The van der Waals surface area contributed by atoms with E-state index in [4.69, 9.17) is 11.6 Å². The Bertz CT molecular complexity index is 580. The first-order valence-electron chi connectivity index (χ1n) is 7.07. The fourth-order valence-corrected chi connectivity index (χ4v) is 2.36. The molecule has 0 spiro atoms. The summed E-state index contributed by atoms with van der Waals surface area (Å²) in [5.74, 6) is 0.765. The van der Waals surface area contributed by atoms with Gasteiger partial charge in [-0.1, -0.05) is 32.0 Å². The normalized spacial score (nSPS) is 12.4. The highest BCUT2D eigenvalue weighted by atomic mass is 35.5. The van der Waals surface area contributed by atoms with Crippen LogP contribution in [-0.4, -0.2) is 27.6 Å². The van der Waals surface area contributed by atoms with Crippen molar-refractivity contribution in [3.63, 3.8) is 0 Å². The summed E-state index contributed by atoms with van der Waals surface area (Å²) in [6.45, 7) is 4.22. The first kappa shape index (κ1) is 15.6. The summed E-state index contributed by atoms with van der Waals surface area (Å²) >= 11 is 5.91. The molecule has 5 heteroatoms. The van der Waals surface area contributed by atoms with Gasteiger partial charge in [0.2, 0.25) is 0 Å². The third-order valence-electron chi connectivity index (χ3n) is 3.14. The van der Waals surface area contributed by atoms with Crippen molar-refractivity contribution in [2.24, 2.45) is 5.92 Å². The average Bonchev–Trinajstić information content (AvgIpc) is 2.97. The molecule has 0 aliphatic heterocycles. The van der Waals surface area contributed by atoms with Gasteiger partial charge in [0.15, 0.2) is 0 Å². The second-order valence-corrected chi connectivity index (χ2v) is 5.77. The number of rotatable bonds is 6. The van der Waals surface area contributed by atoms with Crippen LogP contribution in [0.2, 0.25) is 0 Å². The van der Waals surface area contributed by atoms with Crippen LogP contribution in [0.15, 0.2) is 42.7 Å². The molecule has 0 aliphatic carbocycles. The first-order chi connectivity index (χ1) is 10.1. The minimum atomic E-state index is -0.136. The van der Waals surface area contributed by atoms with E-state index in [0.717, 1.165) is 12.1 Å². The van der Waals surface area contributed by atoms with Gasteiger partial charge in [-0.2, -0.15) is 5.10 Å². The molecule has 1 N–H and O–H groups in total. The van der Waals surface area contributed by atoms with Crippen molar-refractivity contribution < 1.29 is 4.79 Å². The number of nitrogens with zero attached hydrogens (tertiary/aromatic N) is 2. The number of nitrogens with one attached hydrogen (secondary N) is 1. The van der Waals surface area contributed by atoms with Crippen molar-refractivity contribution in [2.45, 2.75) is 26.3 Å². The number of carbonyl (C=O) groups is 1. The summed E-state index contributed by atoms with van der Waals surface area (Å²) in [5, 5.41) is 7.18. The number of para-hydroxylation sites is 1. The molecule has 1 heterocycles. The van der Waals surface area contributed by atoms with Crippen molar-refractivity contribution in [1.29, 1.82) is 0 Å². The first-order valence-corrected chi connectivity index (χ1v) is 7.60. The Hall–Kier alpha value is -1.81. The van der Waals surface area contributed by atoms with Gasteiger partial charge in [-0.05, 0) is 24.5 Å². The third kappa shape index (κ3) is 4.33. The second kappa shape index (κ2) is 7.27. The van der Waals surface area contributed by atoms with Gasteiger partial charge in [-0.3, -0.25) is 4.79 Å². The predicted molar refractivity (Wildman–Crippen MR) is 85.0 cm³/mol. The molecule has 0 bridgehead atoms. The van der Waals surface area contributed by atoms with E-state index in [2.05, 4.69) is 24.3 Å². The van der Waals surface area contributed by atoms with E-state index < -0.39 is 0 Å². The van der Waals surface area contributed by atoms with Gasteiger partial charge in [0.1, 0.15) is 0 Å². The molecule has 112 valence electrons. The largest absolute Gasteiger partial charge is 0.348 e. The Balaban J connectivity index is 2.05. The molecular weight excluding hydrogens is 286 g/mol. The van der Waals surface area contributed by atoms with E-state index in [-0.39, 0.29) is 11.9 Å². The summed E-state index contributed by atoms with van der Waals surface area (Å²) in [4.78, 5) is 12.2. The number of hydrogen-bond donors (Lipinski definition) is 1. The van der Waals surface area contributed by atoms with Gasteiger partial charge in [0.25, 0.3) is 5.91 Å². The van der Waals surface area contributed by atoms with E-state index >= 15 is 0 Å². The smallest absolute Gasteiger partial charge is 0.254 e. The Labute approximate surface area is 130 Å². The van der Waals surface area contributed by atoms with E-state index in [0.29, 0.717) is 17.4 Å². The van der Waals surface area contributed by atoms with Crippen LogP contribution >= 0.6 is 11.6 Å². The zero-order chi connectivity index (χ0) is 15.2. The summed E-state index contributed by atoms with van der Waals surface area (Å²) in [6.07, 6.45) is 4.16. The molecular formula is C16H20ClN3O. The second-order valence-electron chi connectivity index (χ2n) is 5.46. The van der Waals surface area contributed by atoms with Gasteiger partial charge < -0.3 is 5.32 Å². The number of benzene rings is 1. The highest BCUT2D eigenvalue weighted by Crippen LogP contribution is 2.10. The lowest BCUT2D eigenvalue weighted by molar-refractivity contribution is 0.0936. The van der Waals surface area contributed by atoms with Crippen molar-refractivity contribution in [1.82, 2.24) is 15.1 Å². The number of hydrogen-bond acceptors (Lipinski definition) is 2. The van der Waals surface area contributed by atoms with Crippen LogP contribution in [0.25, 0.3) is 5.69 Å². The molecule has 0 aliphatic rings. The quantitative estimate of drug-likeness (QED) is 0.833. The third-order valence-corrected chi connectivity index (χ3v) is 3.52. The highest BCUT2D eigenvalue weighted by molar-refractivity contribution is 6.18. The summed E-state index contributed by atoms with van der Waals surface area (Å²) in [5.41, 5.74) is 1.46. The Morgan fingerprint density at radius 2 is 2.05 bits per heavy atom. The predicted octanol–water partition coefficient (Wildman–Crippen LogP) is 3.26. The van der Waals surface area contributed by atoms with Crippen molar-refractivity contribution in [2.75, 3.05) is 5.88 Å². The minimum absolute atomic E-state index is 0.0146. The fraction of sp³-hybridized carbons (Fsp3) is 0.375. The van der Waals surface area contributed by atoms with Crippen LogP contribution in [0.4, 0.5) is 0 Å². The van der Waals surface area contributed by atoms with E-state index in [9.17, 15) is 4.79 Å². The summed E-state index contributed by atoms with van der Waals surface area (Å²) in [7, 11) is 0. The van der Waals surface area contributed by atoms with Gasteiger partial charge in [-0.25, -0.2) is 4.68 Å². The maximum absolute atomic E-state index is 12.2. The number of aromatic nitrogens is 2. The molecule has 1 aromatic carbocycles. The molecule has 1 aromatic heterocycles. The lowest BCUT2D eigenvalue weighted by Crippen LogP contribution is -2.37. The Kier molecular flexibility index (Phi) is 5.39. The zero-order valence-electron chi connectivity index (χ0n) is 12.3. The van der Waals surface area contributed by atoms with Gasteiger partial charge in [0, 0.05) is 18.1 Å². The Morgan fingerprint density at radius 1 is 1.33 bits per heavy atom. The van der Waals surface area contributed by atoms with E-state index in [1.54, 1.807) is 17.1 Å². The molecule has 1 atom stereocenters. The van der Waals surface area contributed by atoms with E-state index in [1.165, 1.54) is 0 Å². The highest BCUT2D eigenvalue weighted by Gasteiger charge is 2.15. The summed E-state index contributed by atoms with van der Waals surface area (Å²) < 4.78 is 1.69. The van der Waals surface area contributed by atoms with Crippen LogP contribution in [0.3, 0.4) is 0 Å². The topological polar surface area (TPSA) is 46.9 Å². The zero-order valence-corrected chi connectivity index (χ0v) is 13.0. The van der Waals surface area contributed by atoms with Gasteiger partial charge >= 0.3 is 0 Å². The monoisotopic (exact) mass is 305 g/mol. The molecule has 4 nitrogen and oxygen atoms in total. The lowest BCUT2D eigenvalue weighted by Gasteiger charge is -2.17. The average molecular weight is 306 g/mol. The number of amides is 1. The number of carbonyl (C=O) groups excluding carboxylic acids is 1. The van der Waals surface area contributed by atoms with Crippen LogP contribution < -0.4 is 5.32 Å². The van der Waals surface area contributed by atoms with Crippen LogP contribution in [0, 0.1) is 5.92 Å². The lowest BCUT2D eigenvalue weighted by atomic mass is 10.1. The fourth-order valence-electron chi connectivity index (χ4n) is 2.16. The molecule has 2 rings (SSSR count). The van der Waals surface area contributed by atoms with Crippen molar-refractivity contribution in [3.05, 3.63) is 48.3 Å². The van der Waals surface area contributed by atoms with Gasteiger partial charge in [-0.15, -0.1) is 11.6 Å². The molecule has 0 saturated heterocycles. The molecule has 1 amide bonds. The molecule has 0 saturated carbocycles. The standard InChI is InChI=1S/C16H20ClN3O/c1-12(2)8-14(9-17)19-16(21)13-10-18-20(11-13)15-6-4-3-5-7-15/h3-7,10-12,14H,8-9H2,1-2H3,(H,19,21). The van der Waals surface area contributed by atoms with Crippen molar-refractivity contribution >= 4 is 17.5 Å². The molecule has 1 unspecified atom stereocenters. The maximum atomic E-state index is 12.2. The van der Waals surface area contributed by atoms with Crippen LogP contribution in [0.5, 0.6) is 0 Å². The Morgan fingerprint density at radius 3 is 2.67 bits per heavy atom. The molecule has 0 fully saturated rings.